The summed E-state index contributed by atoms with van der Waals surface area (Å²) in [6, 6.07) is 9.27. The normalized spacial score (nSPS) is 16.8. The lowest BCUT2D eigenvalue weighted by molar-refractivity contribution is -0.128. The summed E-state index contributed by atoms with van der Waals surface area (Å²) in [7, 11) is 0. The van der Waals surface area contributed by atoms with E-state index >= 15 is 0 Å². The van der Waals surface area contributed by atoms with Gasteiger partial charge in [-0.1, -0.05) is 30.3 Å². The fourth-order valence-electron chi connectivity index (χ4n) is 2.47. The summed E-state index contributed by atoms with van der Waals surface area (Å²) >= 11 is 0. The monoisotopic (exact) mass is 299 g/mol. The van der Waals surface area contributed by atoms with Crippen molar-refractivity contribution in [1.29, 1.82) is 0 Å². The first-order chi connectivity index (χ1) is 10.6. The Morgan fingerprint density at radius 3 is 2.95 bits per heavy atom. The summed E-state index contributed by atoms with van der Waals surface area (Å²) in [6.07, 6.45) is 0.821. The molecule has 7 heteroatoms. The van der Waals surface area contributed by atoms with Crippen LogP contribution in [0.2, 0.25) is 0 Å². The van der Waals surface area contributed by atoms with E-state index in [1.807, 2.05) is 30.3 Å². The van der Waals surface area contributed by atoms with Gasteiger partial charge in [0.05, 0.1) is 6.42 Å². The molecule has 1 aromatic heterocycles. The van der Waals surface area contributed by atoms with Gasteiger partial charge in [0.25, 0.3) is 0 Å². The molecule has 0 unspecified atom stereocenters. The molecular weight excluding hydrogens is 282 g/mol. The Hall–Kier alpha value is -2.70. The number of nitrogens with one attached hydrogen (secondary N) is 2. The highest BCUT2D eigenvalue weighted by atomic mass is 16.2. The van der Waals surface area contributed by atoms with Crippen molar-refractivity contribution >= 4 is 17.8 Å². The van der Waals surface area contributed by atoms with E-state index in [2.05, 4.69) is 20.7 Å². The third kappa shape index (κ3) is 2.98. The van der Waals surface area contributed by atoms with E-state index in [-0.39, 0.29) is 18.2 Å². The molecule has 22 heavy (non-hydrogen) atoms. The molecule has 1 atom stereocenters. The number of amides is 2. The average molecular weight is 299 g/mol. The molecule has 0 radical (unpaired) electrons. The summed E-state index contributed by atoms with van der Waals surface area (Å²) in [4.78, 5) is 28.1. The first-order valence-electron chi connectivity index (χ1n) is 7.18. The van der Waals surface area contributed by atoms with Gasteiger partial charge in [0.1, 0.15) is 11.9 Å². The molecule has 2 N–H and O–H groups in total. The molecule has 7 nitrogen and oxygen atoms in total. The van der Waals surface area contributed by atoms with E-state index in [0.717, 1.165) is 12.0 Å². The highest BCUT2D eigenvalue weighted by molar-refractivity contribution is 5.96. The van der Waals surface area contributed by atoms with Crippen LogP contribution in [0.15, 0.2) is 30.3 Å². The molecule has 0 spiro atoms. The lowest BCUT2D eigenvalue weighted by Gasteiger charge is -2.22. The number of carbonyl (C=O) groups is 2. The molecule has 0 fully saturated rings. The van der Waals surface area contributed by atoms with Crippen LogP contribution in [-0.2, 0) is 16.0 Å². The maximum absolute atomic E-state index is 12.3. The SMILES string of the molecule is Cc1nc2n(n1)[C@@H](C(=O)NCCc1ccccc1)CC(=O)N2. The van der Waals surface area contributed by atoms with Crippen molar-refractivity contribution in [3.63, 3.8) is 0 Å². The maximum atomic E-state index is 12.3. The van der Waals surface area contributed by atoms with E-state index in [9.17, 15) is 9.59 Å². The van der Waals surface area contributed by atoms with Crippen LogP contribution in [0.3, 0.4) is 0 Å². The lowest BCUT2D eigenvalue weighted by atomic mass is 10.1. The first-order valence-corrected chi connectivity index (χ1v) is 7.18. The lowest BCUT2D eigenvalue weighted by Crippen LogP contribution is -2.39. The Labute approximate surface area is 127 Å². The minimum atomic E-state index is -0.638. The van der Waals surface area contributed by atoms with Gasteiger partial charge in [0.15, 0.2) is 0 Å². The summed E-state index contributed by atoms with van der Waals surface area (Å²) in [5.74, 6) is 0.427. The minimum absolute atomic E-state index is 0.0764. The number of hydrogen-bond acceptors (Lipinski definition) is 4. The fraction of sp³-hybridized carbons (Fsp3) is 0.333. The topological polar surface area (TPSA) is 88.9 Å². The van der Waals surface area contributed by atoms with Gasteiger partial charge in [0, 0.05) is 6.54 Å². The second-order valence-corrected chi connectivity index (χ2v) is 5.22. The second-order valence-electron chi connectivity index (χ2n) is 5.22. The third-order valence-corrected chi connectivity index (χ3v) is 3.52. The molecule has 0 bridgehead atoms. The van der Waals surface area contributed by atoms with Crippen LogP contribution in [0.4, 0.5) is 5.95 Å². The molecule has 0 saturated carbocycles. The van der Waals surface area contributed by atoms with Gasteiger partial charge in [-0.05, 0) is 18.9 Å². The maximum Gasteiger partial charge on any atom is 0.245 e. The van der Waals surface area contributed by atoms with Crippen molar-refractivity contribution in [1.82, 2.24) is 20.1 Å². The van der Waals surface area contributed by atoms with Crippen molar-refractivity contribution in [2.24, 2.45) is 0 Å². The predicted molar refractivity (Wildman–Crippen MR) is 80.2 cm³/mol. The van der Waals surface area contributed by atoms with Crippen molar-refractivity contribution in [2.75, 3.05) is 11.9 Å². The Balaban J connectivity index is 1.64. The number of rotatable bonds is 4. The summed E-state index contributed by atoms with van der Waals surface area (Å²) < 4.78 is 1.48. The zero-order valence-corrected chi connectivity index (χ0v) is 12.2. The predicted octanol–water partition coefficient (Wildman–Crippen LogP) is 0.829. The number of benzene rings is 1. The fourth-order valence-corrected chi connectivity index (χ4v) is 2.47. The Bertz CT molecular complexity index is 695. The van der Waals surface area contributed by atoms with Crippen molar-refractivity contribution in [3.8, 4) is 0 Å². The minimum Gasteiger partial charge on any atom is -0.354 e. The molecule has 1 aromatic carbocycles. The smallest absolute Gasteiger partial charge is 0.245 e. The summed E-state index contributed by atoms with van der Waals surface area (Å²) in [5, 5.41) is 9.67. The number of anilines is 1. The van der Waals surface area contributed by atoms with Crippen LogP contribution >= 0.6 is 0 Å². The Morgan fingerprint density at radius 1 is 1.41 bits per heavy atom. The average Bonchev–Trinajstić information content (AvgIpc) is 2.87. The van der Waals surface area contributed by atoms with Gasteiger partial charge < -0.3 is 5.32 Å². The van der Waals surface area contributed by atoms with E-state index in [1.54, 1.807) is 6.92 Å². The van der Waals surface area contributed by atoms with Gasteiger partial charge in [-0.25, -0.2) is 4.68 Å². The molecule has 2 amide bonds. The van der Waals surface area contributed by atoms with Crippen LogP contribution < -0.4 is 10.6 Å². The third-order valence-electron chi connectivity index (χ3n) is 3.52. The molecule has 114 valence electrons. The molecule has 1 aliphatic heterocycles. The van der Waals surface area contributed by atoms with Crippen LogP contribution in [-0.4, -0.2) is 33.1 Å². The number of aryl methyl sites for hydroxylation is 1. The highest BCUT2D eigenvalue weighted by Crippen LogP contribution is 2.22. The van der Waals surface area contributed by atoms with Crippen LogP contribution in [0, 0.1) is 6.92 Å². The van der Waals surface area contributed by atoms with Crippen molar-refractivity contribution in [3.05, 3.63) is 41.7 Å². The largest absolute Gasteiger partial charge is 0.354 e. The van der Waals surface area contributed by atoms with Crippen molar-refractivity contribution in [2.45, 2.75) is 25.8 Å². The van der Waals surface area contributed by atoms with E-state index in [4.69, 9.17) is 0 Å². The highest BCUT2D eigenvalue weighted by Gasteiger charge is 2.32. The molecule has 2 aromatic rings. The molecule has 0 aliphatic carbocycles. The van der Waals surface area contributed by atoms with Gasteiger partial charge in [-0.15, -0.1) is 0 Å². The number of carbonyl (C=O) groups excluding carboxylic acids is 2. The van der Waals surface area contributed by atoms with Crippen LogP contribution in [0.5, 0.6) is 0 Å². The summed E-state index contributed by atoms with van der Waals surface area (Å²) in [6.45, 7) is 2.24. The first kappa shape index (κ1) is 14.2. The van der Waals surface area contributed by atoms with Gasteiger partial charge in [-0.3, -0.25) is 14.9 Å². The van der Waals surface area contributed by atoms with Crippen LogP contribution in [0.25, 0.3) is 0 Å². The summed E-state index contributed by atoms with van der Waals surface area (Å²) in [5.41, 5.74) is 1.15. The Kier molecular flexibility index (Phi) is 3.86. The van der Waals surface area contributed by atoms with Gasteiger partial charge in [0.2, 0.25) is 17.8 Å². The second kappa shape index (κ2) is 5.97. The Morgan fingerprint density at radius 2 is 2.18 bits per heavy atom. The quantitative estimate of drug-likeness (QED) is 0.875. The molecule has 2 heterocycles. The number of aromatic nitrogens is 3. The number of hydrogen-bond donors (Lipinski definition) is 2. The zero-order chi connectivity index (χ0) is 15.5. The van der Waals surface area contributed by atoms with E-state index < -0.39 is 6.04 Å². The molecule has 1 aliphatic rings. The van der Waals surface area contributed by atoms with Gasteiger partial charge >= 0.3 is 0 Å². The standard InChI is InChI=1S/C15H17N5O2/c1-10-17-15-18-13(21)9-12(20(15)19-10)14(22)16-8-7-11-5-3-2-4-6-11/h2-6,12H,7-9H2,1H3,(H,16,22)(H,17,18,19,21)/t12-/m1/s1. The molecule has 3 rings (SSSR count). The van der Waals surface area contributed by atoms with Crippen LogP contribution in [0.1, 0.15) is 23.9 Å². The number of fused-ring (bicyclic) bond motifs is 1. The van der Waals surface area contributed by atoms with Gasteiger partial charge in [-0.2, -0.15) is 10.1 Å². The van der Waals surface area contributed by atoms with Crippen molar-refractivity contribution < 1.29 is 9.59 Å². The molecular formula is C15H17N5O2. The van der Waals surface area contributed by atoms with E-state index in [1.165, 1.54) is 4.68 Å². The van der Waals surface area contributed by atoms with E-state index in [0.29, 0.717) is 18.3 Å². The zero-order valence-electron chi connectivity index (χ0n) is 12.2. The number of nitrogens with zero attached hydrogens (tertiary/aromatic N) is 3. The molecule has 0 saturated heterocycles.